The van der Waals surface area contributed by atoms with Crippen LogP contribution in [0.2, 0.25) is 5.02 Å². The van der Waals surface area contributed by atoms with Gasteiger partial charge in [0.25, 0.3) is 0 Å². The van der Waals surface area contributed by atoms with E-state index < -0.39 is 15.1 Å². The molecule has 0 amide bonds. The van der Waals surface area contributed by atoms with Crippen molar-refractivity contribution in [2.45, 2.75) is 30.9 Å². The lowest BCUT2D eigenvalue weighted by atomic mass is 10.0. The highest BCUT2D eigenvalue weighted by Crippen LogP contribution is 2.23. The van der Waals surface area contributed by atoms with Crippen LogP contribution < -0.4 is 0 Å². The molecule has 0 N–H and O–H groups in total. The molecule has 2 rings (SSSR count). The zero-order valence-electron chi connectivity index (χ0n) is 9.80. The van der Waals surface area contributed by atoms with Crippen molar-refractivity contribution < 1.29 is 13.2 Å². The van der Waals surface area contributed by atoms with Crippen LogP contribution in [0.1, 0.15) is 24.8 Å². The molecule has 1 unspecified atom stereocenters. The number of aromatic nitrogens is 1. The Balaban J connectivity index is 2.15. The molecular weight excluding hydrogens is 274 g/mol. The van der Waals surface area contributed by atoms with E-state index in [2.05, 4.69) is 4.98 Å². The Labute approximate surface area is 111 Å². The van der Waals surface area contributed by atoms with Gasteiger partial charge in [-0.2, -0.15) is 0 Å². The summed E-state index contributed by atoms with van der Waals surface area (Å²) in [4.78, 5) is 15.9. The molecule has 1 atom stereocenters. The number of Topliss-reactive ketones (excluding diaryl/α,β-unsaturated/α-hetero) is 1. The monoisotopic (exact) mass is 287 g/mol. The van der Waals surface area contributed by atoms with Crippen LogP contribution in [-0.4, -0.2) is 30.2 Å². The standard InChI is InChI=1S/C12H14ClNO3S/c13-10-8-14-5-4-9(10)7-11(15)12-3-1-2-6-18(12,16)17/h4-5,8,12H,1-3,6-7H2. The Morgan fingerprint density at radius 3 is 2.89 bits per heavy atom. The van der Waals surface area contributed by atoms with Crippen molar-refractivity contribution in [3.05, 3.63) is 29.0 Å². The number of carbonyl (C=O) groups excluding carboxylic acids is 1. The second-order valence-corrected chi connectivity index (χ2v) is 7.17. The molecule has 0 bridgehead atoms. The number of halogens is 1. The molecule has 6 heteroatoms. The Bertz CT molecular complexity index is 556. The molecule has 98 valence electrons. The molecule has 4 nitrogen and oxygen atoms in total. The molecule has 18 heavy (non-hydrogen) atoms. The molecule has 0 saturated carbocycles. The van der Waals surface area contributed by atoms with Crippen molar-refractivity contribution in [1.82, 2.24) is 4.98 Å². The number of nitrogens with zero attached hydrogens (tertiary/aromatic N) is 1. The van der Waals surface area contributed by atoms with E-state index in [1.54, 1.807) is 12.3 Å². The Morgan fingerprint density at radius 2 is 2.22 bits per heavy atom. The molecule has 1 aliphatic rings. The van der Waals surface area contributed by atoms with Crippen LogP contribution in [0.4, 0.5) is 0 Å². The normalized spacial score (nSPS) is 22.6. The summed E-state index contributed by atoms with van der Waals surface area (Å²) in [7, 11) is -3.26. The number of hydrogen-bond donors (Lipinski definition) is 0. The van der Waals surface area contributed by atoms with E-state index in [9.17, 15) is 13.2 Å². The molecule has 0 radical (unpaired) electrons. The summed E-state index contributed by atoms with van der Waals surface area (Å²) < 4.78 is 23.7. The average molecular weight is 288 g/mol. The summed E-state index contributed by atoms with van der Waals surface area (Å²) in [5.74, 6) is -0.143. The van der Waals surface area contributed by atoms with Gasteiger partial charge in [0.1, 0.15) is 5.25 Å². The molecule has 1 fully saturated rings. The summed E-state index contributed by atoms with van der Waals surface area (Å²) in [6, 6.07) is 1.65. The third-order valence-electron chi connectivity index (χ3n) is 3.16. The van der Waals surface area contributed by atoms with E-state index in [1.807, 2.05) is 0 Å². The van der Waals surface area contributed by atoms with Crippen molar-refractivity contribution in [3.8, 4) is 0 Å². The molecular formula is C12H14ClNO3S. The largest absolute Gasteiger partial charge is 0.298 e. The van der Waals surface area contributed by atoms with Gasteiger partial charge in [0, 0.05) is 18.8 Å². The number of carbonyl (C=O) groups is 1. The minimum atomic E-state index is -3.26. The lowest BCUT2D eigenvalue weighted by Gasteiger charge is -2.21. The molecule has 1 saturated heterocycles. The van der Waals surface area contributed by atoms with Crippen molar-refractivity contribution in [1.29, 1.82) is 0 Å². The molecule has 1 aromatic rings. The molecule has 1 aliphatic heterocycles. The molecule has 0 aromatic carbocycles. The van der Waals surface area contributed by atoms with Gasteiger partial charge in [0.15, 0.2) is 15.6 Å². The summed E-state index contributed by atoms with van der Waals surface area (Å²) in [6.45, 7) is 0. The van der Waals surface area contributed by atoms with Gasteiger partial charge in [-0.25, -0.2) is 8.42 Å². The number of ketones is 1. The molecule has 0 spiro atoms. The maximum Gasteiger partial charge on any atom is 0.160 e. The zero-order chi connectivity index (χ0) is 13.2. The highest BCUT2D eigenvalue weighted by molar-refractivity contribution is 7.92. The summed E-state index contributed by atoms with van der Waals surface area (Å²) in [5.41, 5.74) is 0.637. The first-order chi connectivity index (χ1) is 8.50. The maximum absolute atomic E-state index is 12.1. The second-order valence-electron chi connectivity index (χ2n) is 4.46. The minimum Gasteiger partial charge on any atom is -0.298 e. The van der Waals surface area contributed by atoms with Gasteiger partial charge < -0.3 is 0 Å². The first-order valence-corrected chi connectivity index (χ1v) is 7.93. The van der Waals surface area contributed by atoms with E-state index in [0.29, 0.717) is 23.4 Å². The topological polar surface area (TPSA) is 64.1 Å². The van der Waals surface area contributed by atoms with E-state index >= 15 is 0 Å². The predicted molar refractivity (Wildman–Crippen MR) is 69.4 cm³/mol. The number of hydrogen-bond acceptors (Lipinski definition) is 4. The van der Waals surface area contributed by atoms with Crippen LogP contribution in [0.3, 0.4) is 0 Å². The van der Waals surface area contributed by atoms with Crippen LogP contribution in [-0.2, 0) is 21.1 Å². The molecule has 0 aliphatic carbocycles. The SMILES string of the molecule is O=C(Cc1ccncc1Cl)C1CCCCS1(=O)=O. The van der Waals surface area contributed by atoms with Crippen molar-refractivity contribution >= 4 is 27.2 Å². The quantitative estimate of drug-likeness (QED) is 0.850. The van der Waals surface area contributed by atoms with Gasteiger partial charge in [-0.15, -0.1) is 0 Å². The Kier molecular flexibility index (Phi) is 4.02. The fourth-order valence-corrected chi connectivity index (χ4v) is 4.25. The van der Waals surface area contributed by atoms with Crippen LogP contribution in [0, 0.1) is 0 Å². The first-order valence-electron chi connectivity index (χ1n) is 5.83. The minimum absolute atomic E-state index is 0.0608. The van der Waals surface area contributed by atoms with Crippen LogP contribution in [0.5, 0.6) is 0 Å². The predicted octanol–water partition coefficient (Wildman–Crippen LogP) is 1.81. The van der Waals surface area contributed by atoms with Gasteiger partial charge in [-0.3, -0.25) is 9.78 Å². The van der Waals surface area contributed by atoms with Gasteiger partial charge in [0.05, 0.1) is 10.8 Å². The Hall–Kier alpha value is -0.940. The van der Waals surface area contributed by atoms with Gasteiger partial charge >= 0.3 is 0 Å². The van der Waals surface area contributed by atoms with E-state index in [0.717, 1.165) is 6.42 Å². The second kappa shape index (κ2) is 5.36. The highest BCUT2D eigenvalue weighted by atomic mass is 35.5. The maximum atomic E-state index is 12.1. The van der Waals surface area contributed by atoms with E-state index in [1.165, 1.54) is 6.20 Å². The first kappa shape index (κ1) is 13.5. The van der Waals surface area contributed by atoms with Crippen LogP contribution >= 0.6 is 11.6 Å². The molecule has 1 aromatic heterocycles. The fraction of sp³-hybridized carbons (Fsp3) is 0.500. The van der Waals surface area contributed by atoms with E-state index in [-0.39, 0.29) is 18.0 Å². The summed E-state index contributed by atoms with van der Waals surface area (Å²) >= 11 is 5.91. The van der Waals surface area contributed by atoms with Gasteiger partial charge in [0.2, 0.25) is 0 Å². The Morgan fingerprint density at radius 1 is 1.44 bits per heavy atom. The third-order valence-corrected chi connectivity index (χ3v) is 5.72. The zero-order valence-corrected chi connectivity index (χ0v) is 11.4. The van der Waals surface area contributed by atoms with Crippen LogP contribution in [0.25, 0.3) is 0 Å². The number of pyridine rings is 1. The summed E-state index contributed by atoms with van der Waals surface area (Å²) in [5, 5.41) is -0.450. The average Bonchev–Trinajstić information content (AvgIpc) is 2.31. The number of sulfone groups is 1. The smallest absolute Gasteiger partial charge is 0.160 e. The lowest BCUT2D eigenvalue weighted by Crippen LogP contribution is -2.36. The number of rotatable bonds is 3. The lowest BCUT2D eigenvalue weighted by molar-refractivity contribution is -0.118. The van der Waals surface area contributed by atoms with Crippen molar-refractivity contribution in [3.63, 3.8) is 0 Å². The highest BCUT2D eigenvalue weighted by Gasteiger charge is 2.34. The summed E-state index contributed by atoms with van der Waals surface area (Å²) in [6.07, 6.45) is 4.94. The van der Waals surface area contributed by atoms with E-state index in [4.69, 9.17) is 11.6 Å². The van der Waals surface area contributed by atoms with Gasteiger partial charge in [-0.1, -0.05) is 18.0 Å². The van der Waals surface area contributed by atoms with Crippen molar-refractivity contribution in [2.24, 2.45) is 0 Å². The third kappa shape index (κ3) is 2.90. The van der Waals surface area contributed by atoms with Gasteiger partial charge in [-0.05, 0) is 24.5 Å². The van der Waals surface area contributed by atoms with Crippen LogP contribution in [0.15, 0.2) is 18.5 Å². The molecule has 2 heterocycles. The fourth-order valence-electron chi connectivity index (χ4n) is 2.16. The van der Waals surface area contributed by atoms with Crippen molar-refractivity contribution in [2.75, 3.05) is 5.75 Å².